The quantitative estimate of drug-likeness (QED) is 0.427. The minimum absolute atomic E-state index is 0.307. The lowest BCUT2D eigenvalue weighted by atomic mass is 10.2. The topological polar surface area (TPSA) is 72.5 Å². The highest BCUT2D eigenvalue weighted by Gasteiger charge is 2.28. The van der Waals surface area contributed by atoms with Crippen molar-refractivity contribution in [3.8, 4) is 0 Å². The summed E-state index contributed by atoms with van der Waals surface area (Å²) in [6, 6.07) is -0.638. The van der Waals surface area contributed by atoms with Crippen LogP contribution in [0, 0.1) is 0 Å². The molecular formula is C7H9NO4. The van der Waals surface area contributed by atoms with Crippen LogP contribution in [0.1, 0.15) is 13.3 Å². The fourth-order valence-electron chi connectivity index (χ4n) is 0.887. The predicted molar refractivity (Wildman–Crippen MR) is 38.2 cm³/mol. The van der Waals surface area contributed by atoms with Gasteiger partial charge in [0.15, 0.2) is 0 Å². The number of esters is 1. The minimum Gasteiger partial charge on any atom is -0.464 e. The second-order valence-electron chi connectivity index (χ2n) is 2.54. The molecule has 0 radical (unpaired) electrons. The summed E-state index contributed by atoms with van der Waals surface area (Å²) in [5.41, 5.74) is 0. The highest BCUT2D eigenvalue weighted by Crippen LogP contribution is 2.04. The molecule has 1 amide bonds. The first-order chi connectivity index (χ1) is 5.61. The third-order valence-electron chi connectivity index (χ3n) is 1.56. The third-order valence-corrected chi connectivity index (χ3v) is 1.56. The van der Waals surface area contributed by atoms with Gasteiger partial charge in [-0.2, -0.15) is 0 Å². The molecule has 12 heavy (non-hydrogen) atoms. The molecule has 1 aliphatic heterocycles. The Bertz CT molecular complexity index is 236. The van der Waals surface area contributed by atoms with Gasteiger partial charge in [-0.1, -0.05) is 0 Å². The number of ketones is 1. The van der Waals surface area contributed by atoms with Crippen LogP contribution in [0.3, 0.4) is 0 Å². The first kappa shape index (κ1) is 8.70. The maximum Gasteiger partial charge on any atom is 0.328 e. The molecule has 1 saturated heterocycles. The molecule has 1 N–H and O–H groups in total. The van der Waals surface area contributed by atoms with Crippen LogP contribution in [-0.4, -0.2) is 30.3 Å². The second kappa shape index (κ2) is 3.34. The van der Waals surface area contributed by atoms with Gasteiger partial charge in [0.2, 0.25) is 5.78 Å². The average Bonchev–Trinajstić information content (AvgIpc) is 2.36. The zero-order chi connectivity index (χ0) is 9.14. The number of Topliss-reactive ketones (excluding diaryl/α,β-unsaturated/α-hetero) is 1. The maximum absolute atomic E-state index is 10.8. The highest BCUT2D eigenvalue weighted by atomic mass is 16.5. The molecule has 1 heterocycles. The van der Waals surface area contributed by atoms with Gasteiger partial charge in [0.1, 0.15) is 6.04 Å². The van der Waals surface area contributed by atoms with Crippen molar-refractivity contribution in [3.05, 3.63) is 0 Å². The number of carbonyl (C=O) groups excluding carboxylic acids is 3. The Morgan fingerprint density at radius 3 is 2.67 bits per heavy atom. The molecule has 5 nitrogen and oxygen atoms in total. The number of nitrogens with one attached hydrogen (secondary N) is 1. The Morgan fingerprint density at radius 1 is 1.58 bits per heavy atom. The number of rotatable bonds is 2. The fourth-order valence-corrected chi connectivity index (χ4v) is 0.887. The smallest absolute Gasteiger partial charge is 0.328 e. The molecule has 0 aliphatic carbocycles. The fraction of sp³-hybridized carbons (Fsp3) is 0.571. The Balaban J connectivity index is 2.46. The van der Waals surface area contributed by atoms with Crippen LogP contribution >= 0.6 is 0 Å². The highest BCUT2D eigenvalue weighted by molar-refractivity contribution is 6.35. The Morgan fingerprint density at radius 2 is 2.25 bits per heavy atom. The summed E-state index contributed by atoms with van der Waals surface area (Å²) in [5.74, 6) is -1.81. The number of amides is 1. The van der Waals surface area contributed by atoms with Crippen LogP contribution in [0.5, 0.6) is 0 Å². The molecule has 66 valence electrons. The summed E-state index contributed by atoms with van der Waals surface area (Å²) in [7, 11) is 0. The van der Waals surface area contributed by atoms with E-state index >= 15 is 0 Å². The summed E-state index contributed by atoms with van der Waals surface area (Å²) < 4.78 is 4.58. The van der Waals surface area contributed by atoms with Crippen molar-refractivity contribution in [1.29, 1.82) is 0 Å². The number of cyclic esters (lactones) is 1. The monoisotopic (exact) mass is 171 g/mol. The first-order valence-electron chi connectivity index (χ1n) is 3.59. The molecule has 1 aliphatic rings. The van der Waals surface area contributed by atoms with E-state index < -0.39 is 23.7 Å². The molecule has 5 heteroatoms. The van der Waals surface area contributed by atoms with Crippen molar-refractivity contribution >= 4 is 17.7 Å². The van der Waals surface area contributed by atoms with Crippen LogP contribution in [0.15, 0.2) is 0 Å². The Labute approximate surface area is 69.1 Å². The molecule has 1 rings (SSSR count). The van der Waals surface area contributed by atoms with Crippen LogP contribution in [0.25, 0.3) is 0 Å². The van der Waals surface area contributed by atoms with Crippen LogP contribution in [0.2, 0.25) is 0 Å². The summed E-state index contributed by atoms with van der Waals surface area (Å²) in [5, 5.41) is 2.27. The predicted octanol–water partition coefficient (Wildman–Crippen LogP) is -0.993. The van der Waals surface area contributed by atoms with Crippen molar-refractivity contribution in [3.63, 3.8) is 0 Å². The van der Waals surface area contributed by atoms with Crippen molar-refractivity contribution in [2.45, 2.75) is 19.4 Å². The molecule has 0 saturated carbocycles. The first-order valence-corrected chi connectivity index (χ1v) is 3.59. The number of ether oxygens (including phenoxy) is 1. The van der Waals surface area contributed by atoms with Gasteiger partial charge in [-0.05, 0) is 0 Å². The average molecular weight is 171 g/mol. The van der Waals surface area contributed by atoms with Crippen LogP contribution in [-0.2, 0) is 19.1 Å². The molecule has 0 bridgehead atoms. The molecule has 0 unspecified atom stereocenters. The van der Waals surface area contributed by atoms with Gasteiger partial charge in [0.25, 0.3) is 5.91 Å². The minimum atomic E-state index is -0.737. The van der Waals surface area contributed by atoms with E-state index in [0.717, 1.165) is 6.92 Å². The summed E-state index contributed by atoms with van der Waals surface area (Å²) >= 11 is 0. The normalized spacial score (nSPS) is 21.8. The molecule has 0 spiro atoms. The lowest BCUT2D eigenvalue weighted by Crippen LogP contribution is -2.40. The van der Waals surface area contributed by atoms with Gasteiger partial charge >= 0.3 is 5.97 Å². The summed E-state index contributed by atoms with van der Waals surface area (Å²) in [6.07, 6.45) is 0.442. The van der Waals surface area contributed by atoms with Crippen LogP contribution < -0.4 is 5.32 Å². The Kier molecular flexibility index (Phi) is 2.42. The third kappa shape index (κ3) is 1.81. The molecule has 0 aromatic carbocycles. The van der Waals surface area contributed by atoms with Gasteiger partial charge in [-0.25, -0.2) is 4.79 Å². The van der Waals surface area contributed by atoms with E-state index in [9.17, 15) is 14.4 Å². The number of carbonyl (C=O) groups is 3. The lowest BCUT2D eigenvalue weighted by Gasteiger charge is -2.05. The van der Waals surface area contributed by atoms with E-state index in [4.69, 9.17) is 0 Å². The Hall–Kier alpha value is -1.39. The second-order valence-corrected chi connectivity index (χ2v) is 2.54. The van der Waals surface area contributed by atoms with Crippen molar-refractivity contribution in [1.82, 2.24) is 5.32 Å². The molecular weight excluding hydrogens is 162 g/mol. The number of hydrogen-bond acceptors (Lipinski definition) is 4. The van der Waals surface area contributed by atoms with Gasteiger partial charge in [-0.3, -0.25) is 9.59 Å². The van der Waals surface area contributed by atoms with Gasteiger partial charge in [-0.15, -0.1) is 0 Å². The largest absolute Gasteiger partial charge is 0.464 e. The van der Waals surface area contributed by atoms with E-state index in [0.29, 0.717) is 13.0 Å². The zero-order valence-corrected chi connectivity index (χ0v) is 6.62. The van der Waals surface area contributed by atoms with E-state index in [1.54, 1.807) is 0 Å². The molecule has 0 aromatic rings. The van der Waals surface area contributed by atoms with Gasteiger partial charge < -0.3 is 10.1 Å². The van der Waals surface area contributed by atoms with Crippen LogP contribution in [0.4, 0.5) is 0 Å². The number of hydrogen-bond donors (Lipinski definition) is 1. The van der Waals surface area contributed by atoms with E-state index in [-0.39, 0.29) is 0 Å². The lowest BCUT2D eigenvalue weighted by molar-refractivity contribution is -0.143. The van der Waals surface area contributed by atoms with E-state index in [2.05, 4.69) is 10.1 Å². The van der Waals surface area contributed by atoms with E-state index in [1.807, 2.05) is 0 Å². The SMILES string of the molecule is CC(=O)C(=O)N[C@H]1CCOC1=O. The standard InChI is InChI=1S/C7H9NO4/c1-4(9)6(10)8-5-2-3-12-7(5)11/h5H,2-3H2,1H3,(H,8,10)/t5-/m0/s1. The van der Waals surface area contributed by atoms with Crippen molar-refractivity contribution in [2.75, 3.05) is 6.61 Å². The summed E-state index contributed by atoms with van der Waals surface area (Å²) in [6.45, 7) is 1.46. The molecule has 1 atom stereocenters. The van der Waals surface area contributed by atoms with Gasteiger partial charge in [0, 0.05) is 13.3 Å². The maximum atomic E-state index is 10.8. The molecule has 1 fully saturated rings. The zero-order valence-electron chi connectivity index (χ0n) is 6.62. The summed E-state index contributed by atoms with van der Waals surface area (Å²) in [4.78, 5) is 32.0. The van der Waals surface area contributed by atoms with Gasteiger partial charge in [0.05, 0.1) is 6.61 Å². The van der Waals surface area contributed by atoms with Crippen molar-refractivity contribution < 1.29 is 19.1 Å². The van der Waals surface area contributed by atoms with Crippen molar-refractivity contribution in [2.24, 2.45) is 0 Å². The molecule has 0 aromatic heterocycles. The van der Waals surface area contributed by atoms with E-state index in [1.165, 1.54) is 0 Å².